The molecule has 1 fully saturated rings. The van der Waals surface area contributed by atoms with Gasteiger partial charge in [0, 0.05) is 0 Å². The van der Waals surface area contributed by atoms with Crippen molar-refractivity contribution in [3.05, 3.63) is 4.65 Å². The van der Waals surface area contributed by atoms with Crippen LogP contribution in [0, 0.1) is 0 Å². The molecule has 0 radical (unpaired) electrons. The van der Waals surface area contributed by atoms with E-state index in [1.54, 1.807) is 0 Å². The number of nitrogens with zero attached hydrogens (tertiary/aromatic N) is 1. The molecule has 0 unspecified atom stereocenters. The Morgan fingerprint density at radius 3 is 1.13 bits per heavy atom. The Bertz CT molecular complexity index is 205. The average Bonchev–Trinajstić information content (AvgIpc) is 1.78. The molecule has 1 rings (SSSR count). The molecule has 84 valence electrons. The first-order valence-electron chi connectivity index (χ1n) is 5.36. The fourth-order valence-corrected chi connectivity index (χ4v) is 37.6. The van der Waals surface area contributed by atoms with Crippen LogP contribution in [-0.2, 0) is 4.12 Å². The van der Waals surface area contributed by atoms with Crippen LogP contribution in [-0.4, -0.2) is 31.2 Å². The predicted molar refractivity (Wildman–Crippen MR) is 74.4 cm³/mol. The van der Waals surface area contributed by atoms with Crippen molar-refractivity contribution in [1.29, 1.82) is 0 Å². The smallest absolute Gasteiger partial charge is 0.667 e. The van der Waals surface area contributed by atoms with Crippen molar-refractivity contribution in [2.24, 2.45) is 0 Å². The molecule has 0 aliphatic carbocycles. The van der Waals surface area contributed by atoms with Crippen molar-refractivity contribution >= 4 is 31.2 Å². The van der Waals surface area contributed by atoms with Crippen LogP contribution < -0.4 is 58.2 Å². The molecule has 0 N–H and O–H groups in total. The molecular formula is C8H24NORbSi4. The van der Waals surface area contributed by atoms with Crippen LogP contribution >= 0.6 is 0 Å². The molecule has 0 aromatic rings. The Morgan fingerprint density at radius 2 is 0.933 bits per heavy atom. The Labute approximate surface area is 148 Å². The molecule has 0 saturated carbocycles. The minimum Gasteiger partial charge on any atom is -0.667 e. The summed E-state index contributed by atoms with van der Waals surface area (Å²) in [5, 5.41) is 0. The second kappa shape index (κ2) is 4.93. The molecule has 0 aromatic carbocycles. The van der Waals surface area contributed by atoms with E-state index in [1.165, 1.54) is 0 Å². The van der Waals surface area contributed by atoms with E-state index in [-0.39, 0.29) is 58.2 Å². The van der Waals surface area contributed by atoms with E-state index in [0.29, 0.717) is 0 Å². The minimum absolute atomic E-state index is 0. The molecule has 1 saturated heterocycles. The van der Waals surface area contributed by atoms with Crippen LogP contribution in [0.3, 0.4) is 0 Å². The number of rotatable bonds is 0. The average molecular weight is 348 g/mol. The summed E-state index contributed by atoms with van der Waals surface area (Å²) in [6.07, 6.45) is 0. The maximum Gasteiger partial charge on any atom is 1.00 e. The molecule has 1 aliphatic heterocycles. The summed E-state index contributed by atoms with van der Waals surface area (Å²) < 4.78 is 11.9. The van der Waals surface area contributed by atoms with Gasteiger partial charge in [-0.25, -0.2) is 0 Å². The molecule has 1 aliphatic rings. The summed E-state index contributed by atoms with van der Waals surface area (Å²) >= 11 is 0. The van der Waals surface area contributed by atoms with Crippen LogP contribution in [0.5, 0.6) is 0 Å². The second-order valence-electron chi connectivity index (χ2n) is 6.35. The van der Waals surface area contributed by atoms with Crippen LogP contribution in [0.4, 0.5) is 0 Å². The van der Waals surface area contributed by atoms with Gasteiger partial charge >= 0.3 is 58.2 Å². The Hall–Kier alpha value is 2.59. The Morgan fingerprint density at radius 1 is 0.667 bits per heavy atom. The van der Waals surface area contributed by atoms with Gasteiger partial charge in [0.2, 0.25) is 0 Å². The summed E-state index contributed by atoms with van der Waals surface area (Å²) in [5.41, 5.74) is 0. The third-order valence-electron chi connectivity index (χ3n) is 4.02. The van der Waals surface area contributed by atoms with Gasteiger partial charge in [0.05, 0.1) is 0 Å². The van der Waals surface area contributed by atoms with Crippen molar-refractivity contribution in [2.75, 3.05) is 0 Å². The first-order valence-corrected chi connectivity index (χ1v) is 19.1. The van der Waals surface area contributed by atoms with E-state index >= 15 is 0 Å². The molecular weight excluding hydrogens is 324 g/mol. The van der Waals surface area contributed by atoms with Gasteiger partial charge in [0.25, 0.3) is 0 Å². The zero-order chi connectivity index (χ0) is 11.4. The van der Waals surface area contributed by atoms with Gasteiger partial charge < -0.3 is 8.76 Å². The quantitative estimate of drug-likeness (QED) is 0.581. The van der Waals surface area contributed by atoms with Crippen molar-refractivity contribution in [2.45, 2.75) is 52.4 Å². The molecule has 1 heterocycles. The third-order valence-corrected chi connectivity index (χ3v) is 40.0. The number of hydrogen-bond acceptors (Lipinski definition) is 1. The normalized spacial score (nSPS) is 30.4. The van der Waals surface area contributed by atoms with Gasteiger partial charge in [-0.15, -0.1) is 0 Å². The van der Waals surface area contributed by atoms with Crippen molar-refractivity contribution in [3.8, 4) is 0 Å². The van der Waals surface area contributed by atoms with Crippen LogP contribution in [0.1, 0.15) is 0 Å². The number of hydrogen-bond donors (Lipinski definition) is 0. The second-order valence-corrected chi connectivity index (χ2v) is 34.9. The van der Waals surface area contributed by atoms with E-state index in [0.717, 1.165) is 0 Å². The Balaban J connectivity index is 0.00000196. The summed E-state index contributed by atoms with van der Waals surface area (Å²) in [5.74, 6) is 0. The van der Waals surface area contributed by atoms with Crippen molar-refractivity contribution in [1.82, 2.24) is 0 Å². The molecule has 7 heteroatoms. The zero-order valence-electron chi connectivity index (χ0n) is 11.9. The largest absolute Gasteiger partial charge is 1.00 e. The van der Waals surface area contributed by atoms with E-state index in [1.807, 2.05) is 0 Å². The van der Waals surface area contributed by atoms with E-state index in [4.69, 9.17) is 8.76 Å². The summed E-state index contributed by atoms with van der Waals surface area (Å²) in [6.45, 7) is 19.1. The van der Waals surface area contributed by atoms with E-state index in [2.05, 4.69) is 52.4 Å². The topological polar surface area (TPSA) is 23.3 Å². The molecule has 0 bridgehead atoms. The first-order chi connectivity index (χ1) is 5.91. The predicted octanol–water partition coefficient (Wildman–Crippen LogP) is 0.372. The van der Waals surface area contributed by atoms with Crippen LogP contribution in [0.25, 0.3) is 4.65 Å². The van der Waals surface area contributed by atoms with Gasteiger partial charge in [-0.3, -0.25) is 0 Å². The first kappa shape index (κ1) is 17.6. The zero-order valence-corrected chi connectivity index (χ0v) is 20.8. The van der Waals surface area contributed by atoms with E-state index in [9.17, 15) is 0 Å². The van der Waals surface area contributed by atoms with E-state index < -0.39 is 31.2 Å². The van der Waals surface area contributed by atoms with Gasteiger partial charge in [-0.05, 0) is 15.5 Å². The molecule has 15 heavy (non-hydrogen) atoms. The maximum absolute atomic E-state index is 6.60. The molecule has 0 aromatic heterocycles. The summed E-state index contributed by atoms with van der Waals surface area (Å²) in [7, 11) is -5.76. The molecule has 0 atom stereocenters. The van der Waals surface area contributed by atoms with Gasteiger partial charge in [-0.1, -0.05) is 52.4 Å². The van der Waals surface area contributed by atoms with Crippen LogP contribution in [0.2, 0.25) is 52.4 Å². The van der Waals surface area contributed by atoms with Crippen molar-refractivity contribution in [3.63, 3.8) is 0 Å². The minimum atomic E-state index is -1.47. The fourth-order valence-electron chi connectivity index (χ4n) is 1.86. The Kier molecular flexibility index (Phi) is 5.79. The summed E-state index contributed by atoms with van der Waals surface area (Å²) in [6, 6.07) is 0. The molecule has 0 amide bonds. The standard InChI is InChI=1S/C8H24NOSi4.Rb/c1-11(2)9-12(3,4)14(7,8)10-13(11,5)6;/h1-8H3;/q-1;+1. The van der Waals surface area contributed by atoms with Crippen LogP contribution in [0.15, 0.2) is 0 Å². The maximum atomic E-state index is 6.60. The third kappa shape index (κ3) is 3.33. The monoisotopic (exact) mass is 347 g/mol. The van der Waals surface area contributed by atoms with Crippen molar-refractivity contribution < 1.29 is 62.3 Å². The van der Waals surface area contributed by atoms with Gasteiger partial charge in [-0.2, -0.15) is 0 Å². The molecule has 0 spiro atoms. The SMILES string of the molecule is C[Si]1(C)[N-][Si](C)(C)[Si](C)(C)O[Si]1(C)C.[Rb+]. The molecule has 2 nitrogen and oxygen atoms in total. The fraction of sp³-hybridized carbons (Fsp3) is 1.00. The summed E-state index contributed by atoms with van der Waals surface area (Å²) in [4.78, 5) is 0. The van der Waals surface area contributed by atoms with Gasteiger partial charge in [0.15, 0.2) is 0 Å². The van der Waals surface area contributed by atoms with Gasteiger partial charge in [0.1, 0.15) is 15.7 Å².